The number of ether oxygens (including phenoxy) is 1. The molecule has 5 atom stereocenters. The van der Waals surface area contributed by atoms with E-state index in [0.717, 1.165) is 0 Å². The van der Waals surface area contributed by atoms with Crippen molar-refractivity contribution in [3.05, 3.63) is 0 Å². The third-order valence-electron chi connectivity index (χ3n) is 3.58. The summed E-state index contributed by atoms with van der Waals surface area (Å²) in [7, 11) is 0. The SMILES string of the molecule is CCOC(=O)[C@H]1[C@H]2[C@@H]1[C@](N)(C(=O)O)C[C@H]2F. The Morgan fingerprint density at radius 3 is 2.75 bits per heavy atom. The smallest absolute Gasteiger partial charge is 0.324 e. The molecule has 16 heavy (non-hydrogen) atoms. The predicted octanol–water partition coefficient (Wildman–Crippen LogP) is -0.0644. The summed E-state index contributed by atoms with van der Waals surface area (Å²) in [6.07, 6.45) is -1.53. The molecule has 0 heterocycles. The highest BCUT2D eigenvalue weighted by atomic mass is 19.1. The van der Waals surface area contributed by atoms with Gasteiger partial charge < -0.3 is 15.6 Å². The molecule has 5 nitrogen and oxygen atoms in total. The van der Waals surface area contributed by atoms with Gasteiger partial charge in [-0.25, -0.2) is 4.39 Å². The lowest BCUT2D eigenvalue weighted by atomic mass is 9.91. The molecule has 2 fully saturated rings. The van der Waals surface area contributed by atoms with Crippen molar-refractivity contribution in [3.63, 3.8) is 0 Å². The number of hydrogen-bond acceptors (Lipinski definition) is 4. The fourth-order valence-corrected chi connectivity index (χ4v) is 2.82. The van der Waals surface area contributed by atoms with Gasteiger partial charge in [0.25, 0.3) is 0 Å². The average Bonchev–Trinajstić information content (AvgIpc) is 2.86. The van der Waals surface area contributed by atoms with E-state index in [0.29, 0.717) is 0 Å². The van der Waals surface area contributed by atoms with Crippen molar-refractivity contribution in [1.82, 2.24) is 0 Å². The topological polar surface area (TPSA) is 89.6 Å². The Morgan fingerprint density at radius 2 is 2.25 bits per heavy atom. The summed E-state index contributed by atoms with van der Waals surface area (Å²) in [5, 5.41) is 8.97. The Balaban J connectivity index is 2.15. The Kier molecular flexibility index (Phi) is 2.41. The van der Waals surface area contributed by atoms with Crippen LogP contribution in [0.5, 0.6) is 0 Å². The van der Waals surface area contributed by atoms with Crippen LogP contribution in [0.1, 0.15) is 13.3 Å². The minimum Gasteiger partial charge on any atom is -0.480 e. The zero-order valence-corrected chi connectivity index (χ0v) is 8.85. The number of rotatable bonds is 3. The number of carbonyl (C=O) groups is 2. The Labute approximate surface area is 91.7 Å². The molecule has 2 aliphatic carbocycles. The lowest BCUT2D eigenvalue weighted by Crippen LogP contribution is -2.50. The predicted molar refractivity (Wildman–Crippen MR) is 51.2 cm³/mol. The van der Waals surface area contributed by atoms with Crippen molar-refractivity contribution in [1.29, 1.82) is 0 Å². The van der Waals surface area contributed by atoms with Crippen molar-refractivity contribution in [2.45, 2.75) is 25.1 Å². The summed E-state index contributed by atoms with van der Waals surface area (Å²) in [6, 6.07) is 0. The largest absolute Gasteiger partial charge is 0.480 e. The molecule has 2 aliphatic rings. The number of hydrogen-bond donors (Lipinski definition) is 2. The van der Waals surface area contributed by atoms with Gasteiger partial charge >= 0.3 is 11.9 Å². The molecule has 0 spiro atoms. The van der Waals surface area contributed by atoms with Crippen molar-refractivity contribution in [2.75, 3.05) is 6.61 Å². The number of carboxylic acid groups (broad SMARTS) is 1. The van der Waals surface area contributed by atoms with E-state index in [1.54, 1.807) is 6.92 Å². The highest BCUT2D eigenvalue weighted by Gasteiger charge is 2.74. The zero-order valence-electron chi connectivity index (χ0n) is 8.85. The summed E-state index contributed by atoms with van der Waals surface area (Å²) < 4.78 is 18.3. The third kappa shape index (κ3) is 1.32. The number of esters is 1. The molecule has 0 amide bonds. The summed E-state index contributed by atoms with van der Waals surface area (Å²) in [4.78, 5) is 22.4. The van der Waals surface area contributed by atoms with Gasteiger partial charge in [0.05, 0.1) is 12.5 Å². The maximum atomic E-state index is 13.5. The monoisotopic (exact) mass is 231 g/mol. The molecule has 0 radical (unpaired) electrons. The molecule has 0 saturated heterocycles. The first-order chi connectivity index (χ1) is 7.43. The molecule has 2 rings (SSSR count). The molecule has 6 heteroatoms. The van der Waals surface area contributed by atoms with E-state index in [-0.39, 0.29) is 13.0 Å². The lowest BCUT2D eigenvalue weighted by Gasteiger charge is -2.22. The van der Waals surface area contributed by atoms with Gasteiger partial charge in [-0.3, -0.25) is 9.59 Å². The van der Waals surface area contributed by atoms with Crippen LogP contribution >= 0.6 is 0 Å². The fraction of sp³-hybridized carbons (Fsp3) is 0.800. The standard InChI is InChI=1S/C10H14FNO4/c1-2-16-8(13)6-5-4(11)3-10(12,7(5)6)9(14)15/h4-7H,2-3,12H2,1H3,(H,14,15)/t4-,5+,6+,7+,10+/m1/s1. The average molecular weight is 231 g/mol. The van der Waals surface area contributed by atoms with Crippen molar-refractivity contribution < 1.29 is 23.8 Å². The number of carboxylic acids is 1. The highest BCUT2D eigenvalue weighted by Crippen LogP contribution is 2.62. The van der Waals surface area contributed by atoms with Gasteiger partial charge in [-0.05, 0) is 6.92 Å². The maximum absolute atomic E-state index is 13.5. The molecular weight excluding hydrogens is 217 g/mol. The number of aliphatic carboxylic acids is 1. The van der Waals surface area contributed by atoms with E-state index >= 15 is 0 Å². The minimum absolute atomic E-state index is 0.205. The second kappa shape index (κ2) is 3.41. The Hall–Kier alpha value is -1.17. The van der Waals surface area contributed by atoms with Crippen LogP contribution in [0.3, 0.4) is 0 Å². The van der Waals surface area contributed by atoms with Crippen LogP contribution in [0.4, 0.5) is 4.39 Å². The third-order valence-corrected chi connectivity index (χ3v) is 3.58. The number of carbonyl (C=O) groups excluding carboxylic acids is 1. The van der Waals surface area contributed by atoms with Gasteiger partial charge in [0.2, 0.25) is 0 Å². The normalized spacial score (nSPS) is 44.9. The Bertz CT molecular complexity index is 348. The number of halogens is 1. The van der Waals surface area contributed by atoms with Crippen molar-refractivity contribution >= 4 is 11.9 Å². The summed E-state index contributed by atoms with van der Waals surface area (Å²) in [5.74, 6) is -3.63. The van der Waals surface area contributed by atoms with Crippen LogP contribution in [-0.2, 0) is 14.3 Å². The van der Waals surface area contributed by atoms with E-state index in [1.807, 2.05) is 0 Å². The molecule has 3 N–H and O–H groups in total. The molecule has 0 aliphatic heterocycles. The first-order valence-corrected chi connectivity index (χ1v) is 5.26. The summed E-state index contributed by atoms with van der Waals surface area (Å²) >= 11 is 0. The highest BCUT2D eigenvalue weighted by molar-refractivity contribution is 5.86. The number of nitrogens with two attached hydrogens (primary N) is 1. The molecule has 0 aromatic carbocycles. The molecular formula is C10H14FNO4. The quantitative estimate of drug-likeness (QED) is 0.664. The molecule has 0 unspecified atom stereocenters. The molecule has 0 aromatic heterocycles. The maximum Gasteiger partial charge on any atom is 0.324 e. The molecule has 0 aromatic rings. The van der Waals surface area contributed by atoms with Gasteiger partial charge in [0.1, 0.15) is 11.7 Å². The second-order valence-corrected chi connectivity index (χ2v) is 4.45. The van der Waals surface area contributed by atoms with Crippen LogP contribution in [0, 0.1) is 17.8 Å². The molecule has 0 bridgehead atoms. The van der Waals surface area contributed by atoms with Crippen molar-refractivity contribution in [2.24, 2.45) is 23.5 Å². The van der Waals surface area contributed by atoms with Crippen LogP contribution < -0.4 is 5.73 Å². The lowest BCUT2D eigenvalue weighted by molar-refractivity contribution is -0.148. The first kappa shape index (κ1) is 11.3. The van der Waals surface area contributed by atoms with E-state index in [9.17, 15) is 14.0 Å². The van der Waals surface area contributed by atoms with E-state index < -0.39 is 41.4 Å². The number of alkyl halides is 1. The summed E-state index contributed by atoms with van der Waals surface area (Å²) in [5.41, 5.74) is 4.04. The van der Waals surface area contributed by atoms with Crippen LogP contribution in [0.25, 0.3) is 0 Å². The van der Waals surface area contributed by atoms with Gasteiger partial charge in [-0.15, -0.1) is 0 Å². The zero-order chi connectivity index (χ0) is 12.1. The molecule has 2 saturated carbocycles. The Morgan fingerprint density at radius 1 is 1.62 bits per heavy atom. The van der Waals surface area contributed by atoms with Crippen LogP contribution in [-0.4, -0.2) is 35.4 Å². The fourth-order valence-electron chi connectivity index (χ4n) is 2.82. The van der Waals surface area contributed by atoms with E-state index in [1.165, 1.54) is 0 Å². The van der Waals surface area contributed by atoms with Gasteiger partial charge in [-0.1, -0.05) is 0 Å². The van der Waals surface area contributed by atoms with Gasteiger partial charge in [0, 0.05) is 18.3 Å². The minimum atomic E-state index is -1.61. The van der Waals surface area contributed by atoms with Gasteiger partial charge in [0.15, 0.2) is 0 Å². The number of fused-ring (bicyclic) bond motifs is 1. The van der Waals surface area contributed by atoms with E-state index in [2.05, 4.69) is 0 Å². The molecule has 90 valence electrons. The summed E-state index contributed by atoms with van der Waals surface area (Å²) in [6.45, 7) is 1.85. The van der Waals surface area contributed by atoms with Crippen molar-refractivity contribution in [3.8, 4) is 0 Å². The van der Waals surface area contributed by atoms with Crippen LogP contribution in [0.15, 0.2) is 0 Å². The van der Waals surface area contributed by atoms with Gasteiger partial charge in [-0.2, -0.15) is 0 Å². The first-order valence-electron chi connectivity index (χ1n) is 5.26. The second-order valence-electron chi connectivity index (χ2n) is 4.45. The van der Waals surface area contributed by atoms with E-state index in [4.69, 9.17) is 15.6 Å². The van der Waals surface area contributed by atoms with Crippen LogP contribution in [0.2, 0.25) is 0 Å².